The second-order valence-corrected chi connectivity index (χ2v) is 7.69. The number of aromatic nitrogens is 2. The fourth-order valence-electron chi connectivity index (χ4n) is 3.22. The highest BCUT2D eigenvalue weighted by molar-refractivity contribution is 6.35. The Morgan fingerprint density at radius 2 is 1.97 bits per heavy atom. The number of benzene rings is 2. The van der Waals surface area contributed by atoms with Gasteiger partial charge < -0.3 is 14.0 Å². The minimum absolute atomic E-state index is 0.198. The van der Waals surface area contributed by atoms with Crippen LogP contribution in [0.3, 0.4) is 0 Å². The predicted octanol–water partition coefficient (Wildman–Crippen LogP) is 5.73. The number of carbonyl (C=O) groups is 1. The molecule has 0 radical (unpaired) electrons. The summed E-state index contributed by atoms with van der Waals surface area (Å²) < 4.78 is 12.9. The molecular weight excluding hydrogens is 411 g/mol. The quantitative estimate of drug-likeness (QED) is 0.335. The highest BCUT2D eigenvalue weighted by Gasteiger charge is 2.14. The van der Waals surface area contributed by atoms with Gasteiger partial charge >= 0.3 is 5.97 Å². The van der Waals surface area contributed by atoms with Crippen LogP contribution in [-0.2, 0) is 16.1 Å². The number of imidazole rings is 1. The van der Waals surface area contributed by atoms with Crippen LogP contribution < -0.4 is 4.74 Å². The summed E-state index contributed by atoms with van der Waals surface area (Å²) in [5.74, 6) is 1.45. The van der Waals surface area contributed by atoms with Gasteiger partial charge in [0.05, 0.1) is 30.8 Å². The molecule has 0 amide bonds. The molecule has 5 nitrogen and oxygen atoms in total. The topological polar surface area (TPSA) is 53.4 Å². The van der Waals surface area contributed by atoms with E-state index >= 15 is 0 Å². The lowest BCUT2D eigenvalue weighted by Crippen LogP contribution is -2.07. The van der Waals surface area contributed by atoms with Gasteiger partial charge in [0, 0.05) is 22.5 Å². The number of hydrogen-bond donors (Lipinski definition) is 0. The zero-order chi connectivity index (χ0) is 21.0. The predicted molar refractivity (Wildman–Crippen MR) is 116 cm³/mol. The van der Waals surface area contributed by atoms with Crippen molar-refractivity contribution < 1.29 is 14.3 Å². The van der Waals surface area contributed by atoms with Crippen molar-refractivity contribution in [1.29, 1.82) is 0 Å². The first-order chi connectivity index (χ1) is 13.9. The third-order valence-corrected chi connectivity index (χ3v) is 5.24. The molecule has 3 aromatic rings. The molecule has 1 heterocycles. The molecule has 0 spiro atoms. The van der Waals surface area contributed by atoms with Crippen molar-refractivity contribution in [2.75, 3.05) is 13.2 Å². The van der Waals surface area contributed by atoms with Crippen molar-refractivity contribution in [1.82, 2.24) is 9.55 Å². The molecule has 0 unspecified atom stereocenters. The van der Waals surface area contributed by atoms with Crippen molar-refractivity contribution in [3.63, 3.8) is 0 Å². The van der Waals surface area contributed by atoms with Crippen LogP contribution in [0.1, 0.15) is 36.7 Å². The van der Waals surface area contributed by atoms with Crippen LogP contribution >= 0.6 is 23.2 Å². The minimum Gasteiger partial charge on any atom is -0.493 e. The molecular formula is C22H24Cl2N2O3. The number of nitrogens with zero attached hydrogens (tertiary/aromatic N) is 2. The molecule has 29 heavy (non-hydrogen) atoms. The van der Waals surface area contributed by atoms with Crippen molar-refractivity contribution >= 4 is 40.2 Å². The van der Waals surface area contributed by atoms with Crippen molar-refractivity contribution in [3.8, 4) is 5.75 Å². The van der Waals surface area contributed by atoms with E-state index in [1.807, 2.05) is 38.1 Å². The van der Waals surface area contributed by atoms with Crippen LogP contribution in [0.2, 0.25) is 10.0 Å². The Bertz CT molecular complexity index is 1030. The molecule has 0 saturated carbocycles. The maximum Gasteiger partial charge on any atom is 0.305 e. The molecule has 0 aliphatic rings. The number of esters is 1. The van der Waals surface area contributed by atoms with Gasteiger partial charge in [-0.15, -0.1) is 0 Å². The summed E-state index contributed by atoms with van der Waals surface area (Å²) in [6.45, 7) is 7.22. The average molecular weight is 435 g/mol. The molecule has 0 saturated heterocycles. The maximum atomic E-state index is 11.4. The van der Waals surface area contributed by atoms with Gasteiger partial charge in [-0.1, -0.05) is 29.3 Å². The fraction of sp³-hybridized carbons (Fsp3) is 0.364. The Kier molecular flexibility index (Phi) is 7.04. The number of carbonyl (C=O) groups excluding carboxylic acids is 1. The highest BCUT2D eigenvalue weighted by Crippen LogP contribution is 2.28. The Balaban J connectivity index is 1.80. The SMILES string of the molecule is CCOC(=O)CCCOc1cc(C)c2nc(C)n(Cc3ccc(Cl)cc3Cl)c2c1. The largest absolute Gasteiger partial charge is 0.493 e. The van der Waals surface area contributed by atoms with Gasteiger partial charge in [-0.25, -0.2) is 4.98 Å². The lowest BCUT2D eigenvalue weighted by atomic mass is 10.2. The van der Waals surface area contributed by atoms with Crippen LogP contribution in [0.4, 0.5) is 0 Å². The van der Waals surface area contributed by atoms with Gasteiger partial charge in [0.2, 0.25) is 0 Å². The standard InChI is InChI=1S/C22H24Cl2N2O3/c1-4-28-21(27)6-5-9-29-18-10-14(2)22-20(12-18)26(15(3)25-22)13-16-7-8-17(23)11-19(16)24/h7-8,10-12H,4-6,9,13H2,1-3H3. The average Bonchev–Trinajstić information content (AvgIpc) is 2.97. The molecule has 3 rings (SSSR count). The minimum atomic E-state index is -0.198. The maximum absolute atomic E-state index is 11.4. The molecule has 154 valence electrons. The van der Waals surface area contributed by atoms with Crippen LogP contribution in [0.15, 0.2) is 30.3 Å². The lowest BCUT2D eigenvalue weighted by molar-refractivity contribution is -0.143. The Labute approximate surface area is 180 Å². The van der Waals surface area contributed by atoms with E-state index in [1.165, 1.54) is 0 Å². The van der Waals surface area contributed by atoms with E-state index in [0.717, 1.165) is 33.7 Å². The fourth-order valence-corrected chi connectivity index (χ4v) is 3.69. The Hall–Kier alpha value is -2.24. The van der Waals surface area contributed by atoms with E-state index < -0.39 is 0 Å². The van der Waals surface area contributed by atoms with E-state index in [1.54, 1.807) is 13.0 Å². The number of rotatable bonds is 8. The Morgan fingerprint density at radius 3 is 2.69 bits per heavy atom. The smallest absolute Gasteiger partial charge is 0.305 e. The number of hydrogen-bond acceptors (Lipinski definition) is 4. The van der Waals surface area contributed by atoms with E-state index in [9.17, 15) is 4.79 Å². The zero-order valence-corrected chi connectivity index (χ0v) is 18.3. The monoisotopic (exact) mass is 434 g/mol. The van der Waals surface area contributed by atoms with Crippen LogP contribution in [0.25, 0.3) is 11.0 Å². The van der Waals surface area contributed by atoms with E-state index in [4.69, 9.17) is 37.7 Å². The van der Waals surface area contributed by atoms with Gasteiger partial charge in [-0.2, -0.15) is 0 Å². The van der Waals surface area contributed by atoms with Gasteiger partial charge in [-0.05, 0) is 56.5 Å². The first-order valence-electron chi connectivity index (χ1n) is 9.59. The molecule has 0 aliphatic carbocycles. The van der Waals surface area contributed by atoms with Gasteiger partial charge in [-0.3, -0.25) is 4.79 Å². The molecule has 1 aromatic heterocycles. The summed E-state index contributed by atoms with van der Waals surface area (Å²) in [6.07, 6.45) is 0.954. The highest BCUT2D eigenvalue weighted by atomic mass is 35.5. The van der Waals surface area contributed by atoms with Crippen LogP contribution in [-0.4, -0.2) is 28.7 Å². The molecule has 0 bridgehead atoms. The first-order valence-corrected chi connectivity index (χ1v) is 10.3. The zero-order valence-electron chi connectivity index (χ0n) is 16.8. The molecule has 2 aromatic carbocycles. The molecule has 7 heteroatoms. The number of ether oxygens (including phenoxy) is 2. The number of fused-ring (bicyclic) bond motifs is 1. The summed E-state index contributed by atoms with van der Waals surface area (Å²) in [5.41, 5.74) is 3.92. The van der Waals surface area contributed by atoms with E-state index in [-0.39, 0.29) is 5.97 Å². The van der Waals surface area contributed by atoms with Crippen molar-refractivity contribution in [2.45, 2.75) is 40.2 Å². The summed E-state index contributed by atoms with van der Waals surface area (Å²) >= 11 is 12.4. The molecule has 0 aliphatic heterocycles. The van der Waals surface area contributed by atoms with E-state index in [2.05, 4.69) is 4.57 Å². The summed E-state index contributed by atoms with van der Waals surface area (Å²) in [4.78, 5) is 16.2. The van der Waals surface area contributed by atoms with Gasteiger partial charge in [0.15, 0.2) is 0 Å². The third-order valence-electron chi connectivity index (χ3n) is 4.65. The summed E-state index contributed by atoms with van der Waals surface area (Å²) in [7, 11) is 0. The first kappa shape index (κ1) is 21.5. The summed E-state index contributed by atoms with van der Waals surface area (Å²) in [6, 6.07) is 9.46. The second-order valence-electron chi connectivity index (χ2n) is 6.85. The van der Waals surface area contributed by atoms with Crippen molar-refractivity contribution in [3.05, 3.63) is 57.3 Å². The van der Waals surface area contributed by atoms with Gasteiger partial charge in [0.1, 0.15) is 11.6 Å². The molecule has 0 fully saturated rings. The Morgan fingerprint density at radius 1 is 1.17 bits per heavy atom. The van der Waals surface area contributed by atoms with Crippen LogP contribution in [0.5, 0.6) is 5.75 Å². The number of halogens is 2. The number of aryl methyl sites for hydroxylation is 2. The molecule has 0 atom stereocenters. The van der Waals surface area contributed by atoms with Gasteiger partial charge in [0.25, 0.3) is 0 Å². The molecule has 0 N–H and O–H groups in total. The van der Waals surface area contributed by atoms with E-state index in [0.29, 0.717) is 42.6 Å². The summed E-state index contributed by atoms with van der Waals surface area (Å²) in [5, 5.41) is 1.24. The van der Waals surface area contributed by atoms with Crippen molar-refractivity contribution in [2.24, 2.45) is 0 Å². The third kappa shape index (κ3) is 5.22. The second kappa shape index (κ2) is 9.51. The lowest BCUT2D eigenvalue weighted by Gasteiger charge is -2.11. The van der Waals surface area contributed by atoms with Crippen LogP contribution in [0, 0.1) is 13.8 Å². The normalized spacial score (nSPS) is 11.1.